The molecule has 2 N–H and O–H groups in total. The number of allylic oxidation sites excluding steroid dienone is 2. The summed E-state index contributed by atoms with van der Waals surface area (Å²) in [6.07, 6.45) is 6.25. The van der Waals surface area contributed by atoms with E-state index in [0.29, 0.717) is 21.9 Å². The molecule has 7 heteroatoms. The number of phenolic OH excluding ortho intramolecular Hbond substituents is 1. The first-order valence-electron chi connectivity index (χ1n) is 8.44. The van der Waals surface area contributed by atoms with Crippen LogP contribution in [-0.4, -0.2) is 34.3 Å². The number of benzene rings is 1. The number of thioether (sulfide) groups is 1. The predicted molar refractivity (Wildman–Crippen MR) is 102 cm³/mol. The molecule has 0 amide bonds. The Morgan fingerprint density at radius 1 is 1.44 bits per heavy atom. The lowest BCUT2D eigenvalue weighted by atomic mass is 9.68. The van der Waals surface area contributed by atoms with Gasteiger partial charge in [-0.25, -0.2) is 0 Å². The summed E-state index contributed by atoms with van der Waals surface area (Å²) in [6.45, 7) is 0.853. The molecule has 5 nitrogen and oxygen atoms in total. The van der Waals surface area contributed by atoms with Gasteiger partial charge in [0.25, 0.3) is 0 Å². The van der Waals surface area contributed by atoms with E-state index in [2.05, 4.69) is 32.3 Å². The zero-order valence-corrected chi connectivity index (χ0v) is 15.6. The largest absolute Gasteiger partial charge is 0.504 e. The fraction of sp³-hybridized carbons (Fsp3) is 0.389. The Morgan fingerprint density at radius 3 is 3.20 bits per heavy atom. The zero-order valence-electron chi connectivity index (χ0n) is 13.2. The summed E-state index contributed by atoms with van der Waals surface area (Å²) < 4.78 is 0.654. The van der Waals surface area contributed by atoms with Crippen molar-refractivity contribution in [2.45, 2.75) is 35.3 Å². The van der Waals surface area contributed by atoms with Gasteiger partial charge in [-0.3, -0.25) is 14.8 Å². The average Bonchev–Trinajstić information content (AvgIpc) is 3.13. The van der Waals surface area contributed by atoms with E-state index in [1.54, 1.807) is 11.8 Å². The number of Topliss-reactive ketones (excluding diaryl/α,β-unsaturated/α-hetero) is 1. The Labute approximate surface area is 156 Å². The molecule has 126 valence electrons. The molecule has 1 aromatic carbocycles. The van der Waals surface area contributed by atoms with Crippen molar-refractivity contribution in [2.75, 3.05) is 11.9 Å². The molecule has 0 aromatic heterocycles. The normalized spacial score (nSPS) is 33.2. The number of hydrogen-bond donors (Lipinski definition) is 2. The van der Waals surface area contributed by atoms with Crippen LogP contribution < -0.4 is 15.9 Å². The molecule has 1 aliphatic carbocycles. The molecule has 0 saturated carbocycles. The van der Waals surface area contributed by atoms with Gasteiger partial charge >= 0.3 is 0 Å². The SMILES string of the molecule is O=C1CC2S[C@H]3C[C@]2(C=C1Br)c1c2c4c(c(O)c1=N3)N=CC=4CCN2. The van der Waals surface area contributed by atoms with E-state index >= 15 is 0 Å². The van der Waals surface area contributed by atoms with Crippen molar-refractivity contribution in [3.8, 4) is 5.75 Å². The lowest BCUT2D eigenvalue weighted by Crippen LogP contribution is -2.45. The fourth-order valence-electron chi connectivity index (χ4n) is 4.91. The lowest BCUT2D eigenvalue weighted by molar-refractivity contribution is -0.115. The highest BCUT2D eigenvalue weighted by atomic mass is 79.9. The minimum Gasteiger partial charge on any atom is -0.504 e. The van der Waals surface area contributed by atoms with Gasteiger partial charge in [-0.1, -0.05) is 6.08 Å². The van der Waals surface area contributed by atoms with Crippen LogP contribution in [0.2, 0.25) is 0 Å². The number of aromatic hydroxyl groups is 1. The Kier molecular flexibility index (Phi) is 2.66. The highest BCUT2D eigenvalue weighted by Crippen LogP contribution is 2.57. The molecular weight excluding hydrogens is 402 g/mol. The van der Waals surface area contributed by atoms with Gasteiger partial charge in [-0.05, 0) is 34.3 Å². The smallest absolute Gasteiger partial charge is 0.170 e. The Morgan fingerprint density at radius 2 is 2.32 bits per heavy atom. The van der Waals surface area contributed by atoms with E-state index in [9.17, 15) is 9.90 Å². The van der Waals surface area contributed by atoms with Crippen molar-refractivity contribution >= 4 is 56.6 Å². The van der Waals surface area contributed by atoms with Gasteiger partial charge in [0.05, 0.1) is 15.5 Å². The summed E-state index contributed by atoms with van der Waals surface area (Å²) >= 11 is 5.24. The minimum absolute atomic E-state index is 0.0773. The number of phenols is 1. The molecule has 2 bridgehead atoms. The fourth-order valence-corrected chi connectivity index (χ4v) is 7.17. The van der Waals surface area contributed by atoms with Crippen LogP contribution in [0.1, 0.15) is 24.8 Å². The highest BCUT2D eigenvalue weighted by Gasteiger charge is 2.55. The number of anilines is 1. The monoisotopic (exact) mass is 415 g/mol. The summed E-state index contributed by atoms with van der Waals surface area (Å²) in [5, 5.41) is 16.4. The molecule has 1 aromatic rings. The lowest BCUT2D eigenvalue weighted by Gasteiger charge is -2.38. The molecule has 1 spiro atoms. The van der Waals surface area contributed by atoms with Gasteiger partial charge in [-0.15, -0.1) is 11.8 Å². The van der Waals surface area contributed by atoms with Crippen molar-refractivity contribution in [2.24, 2.45) is 9.98 Å². The summed E-state index contributed by atoms with van der Waals surface area (Å²) in [4.78, 5) is 21.6. The maximum Gasteiger partial charge on any atom is 0.170 e. The third-order valence-corrected chi connectivity index (χ3v) is 8.13. The van der Waals surface area contributed by atoms with Crippen molar-refractivity contribution < 1.29 is 9.90 Å². The molecule has 5 aliphatic rings. The maximum absolute atomic E-state index is 12.3. The number of fused-ring (bicyclic) bond motifs is 3. The van der Waals surface area contributed by atoms with Gasteiger partial charge < -0.3 is 10.4 Å². The summed E-state index contributed by atoms with van der Waals surface area (Å²) in [6, 6.07) is 0. The molecule has 0 radical (unpaired) electrons. The van der Waals surface area contributed by atoms with E-state index < -0.39 is 0 Å². The number of aliphatic imine (C=N–C) groups is 1. The molecular formula is C18H14BrN3O2S. The Hall–Kier alpha value is -1.60. The van der Waals surface area contributed by atoms with Gasteiger partial charge in [-0.2, -0.15) is 0 Å². The summed E-state index contributed by atoms with van der Waals surface area (Å²) in [7, 11) is 0. The van der Waals surface area contributed by atoms with E-state index in [0.717, 1.165) is 35.9 Å². The molecule has 1 fully saturated rings. The van der Waals surface area contributed by atoms with Crippen LogP contribution in [0.3, 0.4) is 0 Å². The highest BCUT2D eigenvalue weighted by molar-refractivity contribution is 9.12. The number of rotatable bonds is 0. The van der Waals surface area contributed by atoms with Gasteiger partial charge in [0.2, 0.25) is 0 Å². The van der Waals surface area contributed by atoms with Crippen molar-refractivity contribution in [1.82, 2.24) is 0 Å². The third kappa shape index (κ3) is 1.64. The van der Waals surface area contributed by atoms with Gasteiger partial charge in [0.15, 0.2) is 11.5 Å². The first-order valence-corrected chi connectivity index (χ1v) is 10.2. The van der Waals surface area contributed by atoms with E-state index in [-0.39, 0.29) is 27.6 Å². The quantitative estimate of drug-likeness (QED) is 0.635. The zero-order chi connectivity index (χ0) is 16.9. The Balaban J connectivity index is 1.79. The van der Waals surface area contributed by atoms with Crippen LogP contribution in [0.15, 0.2) is 20.5 Å². The standard InChI is InChI=1S/C18H14BrN3O2S/c19-8-4-18-5-11(25-10(18)3-9(8)23)22-16-13(18)14-12-7(1-2-20-14)6-21-15(12)17(16)24/h4,6,10-11,20,24H,1-3,5H2/t10?,11-,18-/m0/s1. The van der Waals surface area contributed by atoms with Crippen molar-refractivity contribution in [3.05, 3.63) is 26.7 Å². The molecule has 4 aliphatic heterocycles. The second-order valence-electron chi connectivity index (χ2n) is 7.20. The minimum atomic E-state index is -0.265. The van der Waals surface area contributed by atoms with Crippen molar-refractivity contribution in [1.29, 1.82) is 0 Å². The second-order valence-corrected chi connectivity index (χ2v) is 9.44. The second kappa shape index (κ2) is 4.57. The van der Waals surface area contributed by atoms with Gasteiger partial charge in [0.1, 0.15) is 11.0 Å². The topological polar surface area (TPSA) is 74.0 Å². The van der Waals surface area contributed by atoms with E-state index in [1.807, 2.05) is 6.21 Å². The Bertz CT molecular complexity index is 1080. The summed E-state index contributed by atoms with van der Waals surface area (Å²) in [5.74, 6) is 0.343. The van der Waals surface area contributed by atoms with E-state index in [4.69, 9.17) is 4.99 Å². The third-order valence-electron chi connectivity index (χ3n) is 5.96. The molecule has 1 unspecified atom stereocenters. The number of carbonyl (C=O) groups is 1. The summed E-state index contributed by atoms with van der Waals surface area (Å²) in [5.41, 5.74) is 3.68. The molecule has 6 rings (SSSR count). The van der Waals surface area contributed by atoms with Crippen LogP contribution in [0, 0.1) is 0 Å². The molecule has 4 heterocycles. The number of nitrogens with zero attached hydrogens (tertiary/aromatic N) is 2. The van der Waals surface area contributed by atoms with Gasteiger partial charge in [0, 0.05) is 40.6 Å². The van der Waals surface area contributed by atoms with Crippen LogP contribution >= 0.6 is 27.7 Å². The average molecular weight is 416 g/mol. The first kappa shape index (κ1) is 14.6. The number of halogens is 1. The van der Waals surface area contributed by atoms with Crippen LogP contribution in [0.4, 0.5) is 11.4 Å². The number of hydrogen-bond acceptors (Lipinski definition) is 6. The maximum atomic E-state index is 12.3. The van der Waals surface area contributed by atoms with Crippen LogP contribution in [-0.2, 0) is 10.2 Å². The molecule has 3 atom stereocenters. The number of nitrogens with one attached hydrogen (secondary N) is 1. The number of ketones is 1. The van der Waals surface area contributed by atoms with Crippen molar-refractivity contribution in [3.63, 3.8) is 0 Å². The molecule has 1 saturated heterocycles. The first-order chi connectivity index (χ1) is 12.1. The van der Waals surface area contributed by atoms with Crippen LogP contribution in [0.5, 0.6) is 5.75 Å². The predicted octanol–water partition coefficient (Wildman–Crippen LogP) is 2.03. The molecule has 25 heavy (non-hydrogen) atoms. The number of carbonyl (C=O) groups excluding carboxylic acids is 1. The van der Waals surface area contributed by atoms with Crippen LogP contribution in [0.25, 0.3) is 5.57 Å². The van der Waals surface area contributed by atoms with E-state index in [1.165, 1.54) is 5.57 Å².